The Balaban J connectivity index is 2.62. The minimum absolute atomic E-state index is 0.211. The third-order valence-electron chi connectivity index (χ3n) is 2.69. The molecule has 62 valence electrons. The molecule has 1 aliphatic rings. The molecule has 11 heavy (non-hydrogen) atoms. The molecule has 0 aromatic carbocycles. The van der Waals surface area contributed by atoms with E-state index < -0.39 is 0 Å². The van der Waals surface area contributed by atoms with Gasteiger partial charge < -0.3 is 5.32 Å². The Morgan fingerprint density at radius 1 is 1.64 bits per heavy atom. The molecule has 1 fully saturated rings. The summed E-state index contributed by atoms with van der Waals surface area (Å²) < 4.78 is 0. The SMILES string of the molecule is CN[C@@]1(C#N)CCC[C@H](C)C1. The van der Waals surface area contributed by atoms with Gasteiger partial charge in [0.1, 0.15) is 5.54 Å². The second-order valence-corrected chi connectivity index (χ2v) is 3.65. The summed E-state index contributed by atoms with van der Waals surface area (Å²) in [4.78, 5) is 0. The molecule has 0 spiro atoms. The predicted octanol–water partition coefficient (Wildman–Crippen LogP) is 1.68. The van der Waals surface area contributed by atoms with Crippen molar-refractivity contribution in [1.29, 1.82) is 5.26 Å². The van der Waals surface area contributed by atoms with E-state index in [0.29, 0.717) is 5.92 Å². The lowest BCUT2D eigenvalue weighted by Crippen LogP contribution is -2.45. The third-order valence-corrected chi connectivity index (χ3v) is 2.69. The Morgan fingerprint density at radius 3 is 2.73 bits per heavy atom. The number of nitrogens with one attached hydrogen (secondary N) is 1. The van der Waals surface area contributed by atoms with E-state index in [1.54, 1.807) is 0 Å². The summed E-state index contributed by atoms with van der Waals surface area (Å²) in [6.07, 6.45) is 4.50. The van der Waals surface area contributed by atoms with Gasteiger partial charge in [-0.25, -0.2) is 0 Å². The largest absolute Gasteiger partial charge is 0.302 e. The Hall–Kier alpha value is -0.550. The third kappa shape index (κ3) is 1.72. The highest BCUT2D eigenvalue weighted by molar-refractivity contribution is 5.08. The Labute approximate surface area is 68.6 Å². The van der Waals surface area contributed by atoms with E-state index in [9.17, 15) is 0 Å². The first kappa shape index (κ1) is 8.55. The molecule has 0 heterocycles. The standard InChI is InChI=1S/C9H16N2/c1-8-4-3-5-9(6-8,7-10)11-2/h8,11H,3-6H2,1-2H3/t8-,9-/m0/s1. The van der Waals surface area contributed by atoms with Gasteiger partial charge in [-0.05, 0) is 25.8 Å². The number of hydrogen-bond donors (Lipinski definition) is 1. The van der Waals surface area contributed by atoms with Gasteiger partial charge >= 0.3 is 0 Å². The smallest absolute Gasteiger partial charge is 0.106 e. The Kier molecular flexibility index (Phi) is 2.51. The van der Waals surface area contributed by atoms with Crippen LogP contribution in [0.2, 0.25) is 0 Å². The first-order valence-corrected chi connectivity index (χ1v) is 4.32. The zero-order valence-electron chi connectivity index (χ0n) is 7.35. The monoisotopic (exact) mass is 152 g/mol. The Morgan fingerprint density at radius 2 is 2.36 bits per heavy atom. The van der Waals surface area contributed by atoms with Crippen molar-refractivity contribution in [3.8, 4) is 6.07 Å². The van der Waals surface area contributed by atoms with Crippen LogP contribution >= 0.6 is 0 Å². The van der Waals surface area contributed by atoms with Gasteiger partial charge in [0.15, 0.2) is 0 Å². The van der Waals surface area contributed by atoms with Gasteiger partial charge in [0.2, 0.25) is 0 Å². The molecule has 1 N–H and O–H groups in total. The highest BCUT2D eigenvalue weighted by Gasteiger charge is 2.32. The van der Waals surface area contributed by atoms with Crippen LogP contribution in [0, 0.1) is 17.2 Å². The van der Waals surface area contributed by atoms with E-state index >= 15 is 0 Å². The lowest BCUT2D eigenvalue weighted by molar-refractivity contribution is 0.254. The molecule has 0 bridgehead atoms. The van der Waals surface area contributed by atoms with Crippen molar-refractivity contribution in [2.45, 2.75) is 38.1 Å². The minimum atomic E-state index is -0.211. The Bertz CT molecular complexity index is 171. The van der Waals surface area contributed by atoms with Crippen molar-refractivity contribution < 1.29 is 0 Å². The lowest BCUT2D eigenvalue weighted by Gasteiger charge is -2.33. The molecule has 2 heteroatoms. The van der Waals surface area contributed by atoms with Crippen LogP contribution in [0.25, 0.3) is 0 Å². The second-order valence-electron chi connectivity index (χ2n) is 3.65. The molecule has 1 aliphatic carbocycles. The van der Waals surface area contributed by atoms with Crippen LogP contribution in [0.4, 0.5) is 0 Å². The molecule has 0 unspecified atom stereocenters. The molecule has 0 aliphatic heterocycles. The summed E-state index contributed by atoms with van der Waals surface area (Å²) in [6.45, 7) is 2.22. The van der Waals surface area contributed by atoms with Crippen molar-refractivity contribution in [1.82, 2.24) is 5.32 Å². The molecule has 0 radical (unpaired) electrons. The summed E-state index contributed by atoms with van der Waals surface area (Å²) in [7, 11) is 1.89. The molecule has 1 saturated carbocycles. The molecule has 2 nitrogen and oxygen atoms in total. The minimum Gasteiger partial charge on any atom is -0.302 e. The quantitative estimate of drug-likeness (QED) is 0.620. The van der Waals surface area contributed by atoms with E-state index in [1.165, 1.54) is 12.8 Å². The van der Waals surface area contributed by atoms with E-state index in [2.05, 4.69) is 18.3 Å². The summed E-state index contributed by atoms with van der Waals surface area (Å²) in [5.74, 6) is 0.704. The molecule has 0 saturated heterocycles. The van der Waals surface area contributed by atoms with E-state index in [0.717, 1.165) is 12.8 Å². The van der Waals surface area contributed by atoms with Gasteiger partial charge in [-0.3, -0.25) is 0 Å². The second kappa shape index (κ2) is 3.23. The van der Waals surface area contributed by atoms with Crippen molar-refractivity contribution in [2.75, 3.05) is 7.05 Å². The summed E-state index contributed by atoms with van der Waals surface area (Å²) in [5, 5.41) is 12.1. The van der Waals surface area contributed by atoms with Gasteiger partial charge in [0.05, 0.1) is 6.07 Å². The fourth-order valence-corrected chi connectivity index (χ4v) is 1.94. The van der Waals surface area contributed by atoms with Crippen molar-refractivity contribution in [2.24, 2.45) is 5.92 Å². The summed E-state index contributed by atoms with van der Waals surface area (Å²) >= 11 is 0. The fourth-order valence-electron chi connectivity index (χ4n) is 1.94. The van der Waals surface area contributed by atoms with Gasteiger partial charge in [-0.15, -0.1) is 0 Å². The van der Waals surface area contributed by atoms with Crippen LogP contribution in [0.5, 0.6) is 0 Å². The van der Waals surface area contributed by atoms with Gasteiger partial charge in [-0.2, -0.15) is 5.26 Å². The number of nitriles is 1. The van der Waals surface area contributed by atoms with Crippen molar-refractivity contribution in [3.63, 3.8) is 0 Å². The highest BCUT2D eigenvalue weighted by Crippen LogP contribution is 2.31. The average molecular weight is 152 g/mol. The number of hydrogen-bond acceptors (Lipinski definition) is 2. The lowest BCUT2D eigenvalue weighted by atomic mass is 9.77. The van der Waals surface area contributed by atoms with Crippen molar-refractivity contribution >= 4 is 0 Å². The van der Waals surface area contributed by atoms with Gasteiger partial charge in [-0.1, -0.05) is 19.8 Å². The van der Waals surface area contributed by atoms with Crippen LogP contribution in [0.3, 0.4) is 0 Å². The number of rotatable bonds is 1. The van der Waals surface area contributed by atoms with Crippen LogP contribution in [0.15, 0.2) is 0 Å². The van der Waals surface area contributed by atoms with E-state index in [4.69, 9.17) is 5.26 Å². The molecule has 0 aromatic rings. The first-order chi connectivity index (χ1) is 5.22. The maximum atomic E-state index is 8.95. The van der Waals surface area contributed by atoms with Crippen LogP contribution < -0.4 is 5.32 Å². The zero-order valence-corrected chi connectivity index (χ0v) is 7.35. The van der Waals surface area contributed by atoms with Gasteiger partial charge in [0.25, 0.3) is 0 Å². The molecule has 0 amide bonds. The molecule has 2 atom stereocenters. The molecular weight excluding hydrogens is 136 g/mol. The van der Waals surface area contributed by atoms with Crippen molar-refractivity contribution in [3.05, 3.63) is 0 Å². The number of nitrogens with zero attached hydrogens (tertiary/aromatic N) is 1. The maximum absolute atomic E-state index is 8.95. The first-order valence-electron chi connectivity index (χ1n) is 4.32. The summed E-state index contributed by atoms with van der Waals surface area (Å²) in [6, 6.07) is 2.39. The zero-order chi connectivity index (χ0) is 8.32. The van der Waals surface area contributed by atoms with E-state index in [1.807, 2.05) is 7.05 Å². The van der Waals surface area contributed by atoms with Crippen LogP contribution in [-0.4, -0.2) is 12.6 Å². The van der Waals surface area contributed by atoms with Crippen LogP contribution in [0.1, 0.15) is 32.6 Å². The van der Waals surface area contributed by atoms with E-state index in [-0.39, 0.29) is 5.54 Å². The normalized spacial score (nSPS) is 38.1. The molecule has 1 rings (SSSR count). The van der Waals surface area contributed by atoms with Crippen LogP contribution in [-0.2, 0) is 0 Å². The molecular formula is C9H16N2. The summed E-state index contributed by atoms with van der Waals surface area (Å²) in [5.41, 5.74) is -0.211. The van der Waals surface area contributed by atoms with Gasteiger partial charge in [0, 0.05) is 0 Å². The topological polar surface area (TPSA) is 35.8 Å². The fraction of sp³-hybridized carbons (Fsp3) is 0.889. The average Bonchev–Trinajstić information content (AvgIpc) is 2.04. The molecule has 0 aromatic heterocycles. The predicted molar refractivity (Wildman–Crippen MR) is 45.0 cm³/mol. The maximum Gasteiger partial charge on any atom is 0.106 e. The highest BCUT2D eigenvalue weighted by atomic mass is 14.9.